The van der Waals surface area contributed by atoms with Crippen molar-refractivity contribution in [2.75, 3.05) is 45.7 Å². The van der Waals surface area contributed by atoms with E-state index in [0.29, 0.717) is 11.8 Å². The molecule has 0 N–H and O–H groups in total. The third-order valence-corrected chi connectivity index (χ3v) is 4.68. The molecule has 0 aromatic carbocycles. The first-order valence-electron chi connectivity index (χ1n) is 8.94. The number of ether oxygens (including phenoxy) is 1. The van der Waals surface area contributed by atoms with Gasteiger partial charge >= 0.3 is 0 Å². The lowest BCUT2D eigenvalue weighted by Crippen LogP contribution is -2.36. The van der Waals surface area contributed by atoms with Crippen molar-refractivity contribution in [2.24, 2.45) is 0 Å². The molecule has 1 aliphatic heterocycles. The smallest absolute Gasteiger partial charge is 0.257 e. The normalized spacial score (nSPS) is 17.9. The number of hydrogen-bond acceptors (Lipinski definition) is 6. The van der Waals surface area contributed by atoms with Crippen molar-refractivity contribution < 1.29 is 4.74 Å². The molecule has 0 unspecified atom stereocenters. The van der Waals surface area contributed by atoms with Crippen LogP contribution in [0.25, 0.3) is 0 Å². The summed E-state index contributed by atoms with van der Waals surface area (Å²) in [7, 11) is 5.87. The number of aromatic nitrogens is 4. The van der Waals surface area contributed by atoms with Crippen LogP contribution in [0, 0.1) is 0 Å². The number of hydrogen-bond donors (Lipinski definition) is 0. The van der Waals surface area contributed by atoms with Gasteiger partial charge in [0.25, 0.3) is 5.88 Å². The van der Waals surface area contributed by atoms with Crippen LogP contribution in [0.4, 0.5) is 5.82 Å². The Kier molecular flexibility index (Phi) is 5.86. The number of piperidine rings is 1. The van der Waals surface area contributed by atoms with E-state index >= 15 is 0 Å². The van der Waals surface area contributed by atoms with Crippen LogP contribution in [0.5, 0.6) is 5.88 Å². The Balaban J connectivity index is 1.71. The number of aryl methyl sites for hydroxylation is 1. The van der Waals surface area contributed by atoms with Crippen LogP contribution in [-0.4, -0.2) is 65.3 Å². The molecule has 0 amide bonds. The first-order valence-corrected chi connectivity index (χ1v) is 8.94. The van der Waals surface area contributed by atoms with Gasteiger partial charge in [-0.2, -0.15) is 0 Å². The van der Waals surface area contributed by atoms with E-state index in [1.54, 1.807) is 19.5 Å². The highest BCUT2D eigenvalue weighted by Crippen LogP contribution is 2.31. The average Bonchev–Trinajstić information content (AvgIpc) is 3.10. The molecule has 2 aromatic heterocycles. The van der Waals surface area contributed by atoms with Gasteiger partial charge in [-0.3, -0.25) is 0 Å². The standard InChI is InChI=1S/C18H28N6O/c1-22(2)10-5-12-23-13-9-20-16(23)15-6-4-11-24(14-15)17-18(25-3)21-8-7-19-17/h7-9,13,15H,4-6,10-12,14H2,1-3H3/t15-/m0/s1. The molecule has 7 heteroatoms. The SMILES string of the molecule is COc1nccnc1N1CCC[C@H](c2nccn2CCCN(C)C)C1. The van der Waals surface area contributed by atoms with E-state index in [9.17, 15) is 0 Å². The molecule has 0 aliphatic carbocycles. The molecular weight excluding hydrogens is 316 g/mol. The maximum absolute atomic E-state index is 5.38. The molecule has 25 heavy (non-hydrogen) atoms. The van der Waals surface area contributed by atoms with Gasteiger partial charge < -0.3 is 19.1 Å². The van der Waals surface area contributed by atoms with Crippen LogP contribution in [0.2, 0.25) is 0 Å². The van der Waals surface area contributed by atoms with Crippen LogP contribution in [0.15, 0.2) is 24.8 Å². The Hall–Kier alpha value is -2.15. The van der Waals surface area contributed by atoms with E-state index in [-0.39, 0.29) is 0 Å². The molecule has 0 spiro atoms. The van der Waals surface area contributed by atoms with Gasteiger partial charge in [0.2, 0.25) is 0 Å². The Morgan fingerprint density at radius 1 is 1.20 bits per heavy atom. The number of imidazole rings is 1. The topological polar surface area (TPSA) is 59.3 Å². The highest BCUT2D eigenvalue weighted by atomic mass is 16.5. The van der Waals surface area contributed by atoms with Gasteiger partial charge in [-0.1, -0.05) is 0 Å². The highest BCUT2D eigenvalue weighted by molar-refractivity contribution is 5.48. The zero-order valence-corrected chi connectivity index (χ0v) is 15.4. The fourth-order valence-electron chi connectivity index (χ4n) is 3.49. The van der Waals surface area contributed by atoms with E-state index in [1.165, 1.54) is 5.82 Å². The van der Waals surface area contributed by atoms with Crippen molar-refractivity contribution >= 4 is 5.82 Å². The minimum Gasteiger partial charge on any atom is -0.478 e. The van der Waals surface area contributed by atoms with Crippen molar-refractivity contribution in [1.82, 2.24) is 24.4 Å². The minimum absolute atomic E-state index is 0.412. The number of rotatable bonds is 7. The van der Waals surface area contributed by atoms with Gasteiger partial charge in [0.05, 0.1) is 7.11 Å². The zero-order chi connectivity index (χ0) is 17.6. The molecule has 1 aliphatic rings. The molecule has 7 nitrogen and oxygen atoms in total. The summed E-state index contributed by atoms with van der Waals surface area (Å²) in [6.45, 7) is 3.98. The van der Waals surface area contributed by atoms with Crippen molar-refractivity contribution in [1.29, 1.82) is 0 Å². The molecule has 136 valence electrons. The lowest BCUT2D eigenvalue weighted by atomic mass is 9.97. The second kappa shape index (κ2) is 8.29. The summed E-state index contributed by atoms with van der Waals surface area (Å²) < 4.78 is 7.69. The molecule has 3 rings (SSSR count). The van der Waals surface area contributed by atoms with Crippen LogP contribution in [0.1, 0.15) is 31.0 Å². The summed E-state index contributed by atoms with van der Waals surface area (Å²) in [4.78, 5) is 17.9. The number of anilines is 1. The molecule has 0 saturated carbocycles. The van der Waals surface area contributed by atoms with Crippen LogP contribution in [-0.2, 0) is 6.54 Å². The summed E-state index contributed by atoms with van der Waals surface area (Å²) in [5.41, 5.74) is 0. The summed E-state index contributed by atoms with van der Waals surface area (Å²) in [5, 5.41) is 0. The van der Waals surface area contributed by atoms with Crippen LogP contribution >= 0.6 is 0 Å². The van der Waals surface area contributed by atoms with E-state index in [1.807, 2.05) is 6.20 Å². The molecule has 0 radical (unpaired) electrons. The van der Waals surface area contributed by atoms with E-state index in [2.05, 4.69) is 49.6 Å². The number of methoxy groups -OCH3 is 1. The van der Waals surface area contributed by atoms with Crippen LogP contribution < -0.4 is 9.64 Å². The third kappa shape index (κ3) is 4.28. The second-order valence-corrected chi connectivity index (χ2v) is 6.81. The zero-order valence-electron chi connectivity index (χ0n) is 15.4. The number of nitrogens with zero attached hydrogens (tertiary/aromatic N) is 6. The Morgan fingerprint density at radius 3 is 2.84 bits per heavy atom. The predicted octanol–water partition coefficient (Wildman–Crippen LogP) is 2.02. The van der Waals surface area contributed by atoms with Crippen molar-refractivity contribution in [3.05, 3.63) is 30.6 Å². The molecule has 0 bridgehead atoms. The quantitative estimate of drug-likeness (QED) is 0.766. The van der Waals surface area contributed by atoms with Gasteiger partial charge in [0.15, 0.2) is 5.82 Å². The summed E-state index contributed by atoms with van der Waals surface area (Å²) in [6, 6.07) is 0. The molecule has 1 atom stereocenters. The highest BCUT2D eigenvalue weighted by Gasteiger charge is 2.27. The lowest BCUT2D eigenvalue weighted by molar-refractivity contribution is 0.378. The average molecular weight is 344 g/mol. The van der Waals surface area contributed by atoms with E-state index in [4.69, 9.17) is 4.74 Å². The second-order valence-electron chi connectivity index (χ2n) is 6.81. The third-order valence-electron chi connectivity index (χ3n) is 4.68. The lowest BCUT2D eigenvalue weighted by Gasteiger charge is -2.33. The van der Waals surface area contributed by atoms with E-state index < -0.39 is 0 Å². The van der Waals surface area contributed by atoms with Crippen molar-refractivity contribution in [3.8, 4) is 5.88 Å². The fourth-order valence-corrected chi connectivity index (χ4v) is 3.49. The van der Waals surface area contributed by atoms with Crippen molar-refractivity contribution in [2.45, 2.75) is 31.7 Å². The first kappa shape index (κ1) is 17.7. The fraction of sp³-hybridized carbons (Fsp3) is 0.611. The Bertz CT molecular complexity index is 671. The maximum atomic E-state index is 5.38. The van der Waals surface area contributed by atoms with Gasteiger partial charge in [0, 0.05) is 50.3 Å². The van der Waals surface area contributed by atoms with Gasteiger partial charge in [-0.05, 0) is 39.9 Å². The molecule has 2 aromatic rings. The minimum atomic E-state index is 0.412. The molecular formula is C18H28N6O. The monoisotopic (exact) mass is 344 g/mol. The van der Waals surface area contributed by atoms with Gasteiger partial charge in [-0.15, -0.1) is 0 Å². The van der Waals surface area contributed by atoms with E-state index in [0.717, 1.165) is 51.3 Å². The maximum Gasteiger partial charge on any atom is 0.257 e. The van der Waals surface area contributed by atoms with Crippen LogP contribution in [0.3, 0.4) is 0 Å². The largest absolute Gasteiger partial charge is 0.478 e. The van der Waals surface area contributed by atoms with Gasteiger partial charge in [-0.25, -0.2) is 15.0 Å². The summed E-state index contributed by atoms with van der Waals surface area (Å²) in [6.07, 6.45) is 10.8. The summed E-state index contributed by atoms with van der Waals surface area (Å²) in [5.74, 6) is 3.03. The first-order chi connectivity index (χ1) is 12.2. The molecule has 3 heterocycles. The summed E-state index contributed by atoms with van der Waals surface area (Å²) >= 11 is 0. The Labute approximate surface area is 149 Å². The molecule has 1 fully saturated rings. The Morgan fingerprint density at radius 2 is 2.04 bits per heavy atom. The predicted molar refractivity (Wildman–Crippen MR) is 98.2 cm³/mol. The molecule has 1 saturated heterocycles. The van der Waals surface area contributed by atoms with Gasteiger partial charge in [0.1, 0.15) is 5.82 Å². The van der Waals surface area contributed by atoms with Crippen molar-refractivity contribution in [3.63, 3.8) is 0 Å².